The van der Waals surface area contributed by atoms with Gasteiger partial charge in [0.15, 0.2) is 0 Å². The van der Waals surface area contributed by atoms with Crippen molar-refractivity contribution in [3.8, 4) is 11.3 Å². The molecule has 0 saturated carbocycles. The van der Waals surface area contributed by atoms with Gasteiger partial charge in [-0.1, -0.05) is 61.5 Å². The lowest BCUT2D eigenvalue weighted by atomic mass is 10.0. The highest BCUT2D eigenvalue weighted by atomic mass is 35.5. The standard InChI is InChI=1S/C23H21ClN4OS/c1-15(2)16-5-9-19(10-6-16)26-22(29)14-30-23-21-13-20(27-28(21)12-11-25-23)17-3-7-18(24)8-4-17/h3-13,15H,14H2,1-2H3,(H,26,29). The number of carbonyl (C=O) groups excluding carboxylic acids is 1. The number of amides is 1. The molecule has 1 N–H and O–H groups in total. The summed E-state index contributed by atoms with van der Waals surface area (Å²) in [4.78, 5) is 16.8. The molecule has 0 bridgehead atoms. The minimum atomic E-state index is -0.0708. The Labute approximate surface area is 184 Å². The van der Waals surface area contributed by atoms with Crippen molar-refractivity contribution in [1.82, 2.24) is 14.6 Å². The van der Waals surface area contributed by atoms with Gasteiger partial charge in [-0.3, -0.25) is 4.79 Å². The average molecular weight is 437 g/mol. The Kier molecular flexibility index (Phi) is 6.06. The number of rotatable bonds is 6. The highest BCUT2D eigenvalue weighted by Gasteiger charge is 2.12. The van der Waals surface area contributed by atoms with E-state index in [4.69, 9.17) is 11.6 Å². The molecule has 30 heavy (non-hydrogen) atoms. The molecule has 0 aliphatic carbocycles. The topological polar surface area (TPSA) is 59.3 Å². The summed E-state index contributed by atoms with van der Waals surface area (Å²) in [7, 11) is 0. The third kappa shape index (κ3) is 4.66. The first-order valence-electron chi connectivity index (χ1n) is 9.62. The van der Waals surface area contributed by atoms with Gasteiger partial charge >= 0.3 is 0 Å². The van der Waals surface area contributed by atoms with Crippen LogP contribution in [-0.2, 0) is 4.79 Å². The third-order valence-electron chi connectivity index (χ3n) is 4.70. The number of anilines is 1. The number of carbonyl (C=O) groups is 1. The number of thioether (sulfide) groups is 1. The highest BCUT2D eigenvalue weighted by Crippen LogP contribution is 2.27. The van der Waals surface area contributed by atoms with Crippen LogP contribution >= 0.6 is 23.4 Å². The van der Waals surface area contributed by atoms with Crippen LogP contribution in [0, 0.1) is 0 Å². The van der Waals surface area contributed by atoms with Gasteiger partial charge in [0, 0.05) is 28.7 Å². The van der Waals surface area contributed by atoms with Gasteiger partial charge in [0.05, 0.1) is 17.0 Å². The molecular formula is C23H21ClN4OS. The summed E-state index contributed by atoms with van der Waals surface area (Å²) in [5, 5.41) is 9.00. The smallest absolute Gasteiger partial charge is 0.234 e. The summed E-state index contributed by atoms with van der Waals surface area (Å²) in [6.45, 7) is 4.29. The zero-order valence-electron chi connectivity index (χ0n) is 16.7. The third-order valence-corrected chi connectivity index (χ3v) is 5.94. The molecule has 1 amide bonds. The largest absolute Gasteiger partial charge is 0.325 e. The van der Waals surface area contributed by atoms with E-state index < -0.39 is 0 Å². The molecule has 0 atom stereocenters. The minimum absolute atomic E-state index is 0.0708. The van der Waals surface area contributed by atoms with E-state index in [9.17, 15) is 4.79 Å². The van der Waals surface area contributed by atoms with Gasteiger partial charge in [-0.25, -0.2) is 9.50 Å². The molecule has 0 saturated heterocycles. The summed E-state index contributed by atoms with van der Waals surface area (Å²) in [6.07, 6.45) is 3.49. The van der Waals surface area contributed by atoms with Crippen molar-refractivity contribution < 1.29 is 4.79 Å². The molecule has 2 heterocycles. The molecule has 2 aromatic carbocycles. The van der Waals surface area contributed by atoms with Crippen LogP contribution in [0.1, 0.15) is 25.3 Å². The average Bonchev–Trinajstić information content (AvgIpc) is 3.18. The maximum Gasteiger partial charge on any atom is 0.234 e. The van der Waals surface area contributed by atoms with Crippen LogP contribution in [0.5, 0.6) is 0 Å². The second-order valence-corrected chi connectivity index (χ2v) is 8.61. The van der Waals surface area contributed by atoms with Gasteiger partial charge in [-0.05, 0) is 41.8 Å². The van der Waals surface area contributed by atoms with Crippen molar-refractivity contribution in [1.29, 1.82) is 0 Å². The van der Waals surface area contributed by atoms with Crippen molar-refractivity contribution in [2.75, 3.05) is 11.1 Å². The molecule has 152 valence electrons. The first-order valence-corrected chi connectivity index (χ1v) is 11.0. The number of hydrogen-bond donors (Lipinski definition) is 1. The lowest BCUT2D eigenvalue weighted by molar-refractivity contribution is -0.113. The van der Waals surface area contributed by atoms with Gasteiger partial charge in [-0.15, -0.1) is 0 Å². The molecule has 4 aromatic rings. The quantitative estimate of drug-likeness (QED) is 0.382. The van der Waals surface area contributed by atoms with Gasteiger partial charge in [0.1, 0.15) is 5.03 Å². The Morgan fingerprint density at radius 2 is 1.87 bits per heavy atom. The SMILES string of the molecule is CC(C)c1ccc(NC(=O)CSc2nccn3nc(-c4ccc(Cl)cc4)cc23)cc1. The Hall–Kier alpha value is -2.83. The lowest BCUT2D eigenvalue weighted by Gasteiger charge is -2.08. The van der Waals surface area contributed by atoms with Crippen LogP contribution in [0.2, 0.25) is 5.02 Å². The number of nitrogens with one attached hydrogen (secondary N) is 1. The number of benzene rings is 2. The molecule has 4 rings (SSSR count). The second-order valence-electron chi connectivity index (χ2n) is 7.21. The van der Waals surface area contributed by atoms with Crippen molar-refractivity contribution >= 4 is 40.5 Å². The predicted molar refractivity (Wildman–Crippen MR) is 123 cm³/mol. The summed E-state index contributed by atoms with van der Waals surface area (Å²) in [6, 6.07) is 17.5. The lowest BCUT2D eigenvalue weighted by Crippen LogP contribution is -2.14. The van der Waals surface area contributed by atoms with Gasteiger partial charge in [-0.2, -0.15) is 5.10 Å². The molecule has 0 spiro atoms. The van der Waals surface area contributed by atoms with Crippen LogP contribution in [0.3, 0.4) is 0 Å². The zero-order valence-corrected chi connectivity index (χ0v) is 18.2. The van der Waals surface area contributed by atoms with E-state index >= 15 is 0 Å². The molecule has 0 unspecified atom stereocenters. The van der Waals surface area contributed by atoms with Gasteiger partial charge < -0.3 is 5.32 Å². The van der Waals surface area contributed by atoms with Crippen molar-refractivity contribution in [3.05, 3.63) is 77.6 Å². The maximum absolute atomic E-state index is 12.4. The molecule has 0 radical (unpaired) electrons. The number of hydrogen-bond acceptors (Lipinski definition) is 4. The highest BCUT2D eigenvalue weighted by molar-refractivity contribution is 8.00. The van der Waals surface area contributed by atoms with Gasteiger partial charge in [0.25, 0.3) is 0 Å². The van der Waals surface area contributed by atoms with Crippen LogP contribution in [-0.4, -0.2) is 26.3 Å². The summed E-state index contributed by atoms with van der Waals surface area (Å²) in [5.74, 6) is 0.656. The monoisotopic (exact) mass is 436 g/mol. The van der Waals surface area contributed by atoms with Crippen LogP contribution < -0.4 is 5.32 Å². The zero-order chi connectivity index (χ0) is 21.1. The fourth-order valence-corrected chi connectivity index (χ4v) is 3.96. The molecule has 0 fully saturated rings. The number of fused-ring (bicyclic) bond motifs is 1. The fourth-order valence-electron chi connectivity index (χ4n) is 3.05. The summed E-state index contributed by atoms with van der Waals surface area (Å²) < 4.78 is 1.78. The summed E-state index contributed by atoms with van der Waals surface area (Å²) >= 11 is 7.37. The molecule has 7 heteroatoms. The Morgan fingerprint density at radius 1 is 1.13 bits per heavy atom. The van der Waals surface area contributed by atoms with Crippen molar-refractivity contribution in [3.63, 3.8) is 0 Å². The van der Waals surface area contributed by atoms with Crippen molar-refractivity contribution in [2.24, 2.45) is 0 Å². The minimum Gasteiger partial charge on any atom is -0.325 e. The van der Waals surface area contributed by atoms with E-state index in [1.165, 1.54) is 17.3 Å². The van der Waals surface area contributed by atoms with E-state index in [1.807, 2.05) is 54.6 Å². The number of halogens is 1. The second kappa shape index (κ2) is 8.90. The maximum atomic E-state index is 12.4. The Bertz CT molecular complexity index is 1170. The summed E-state index contributed by atoms with van der Waals surface area (Å²) in [5.41, 5.74) is 4.71. The number of nitrogens with zero attached hydrogens (tertiary/aromatic N) is 3. The first kappa shape index (κ1) is 20.4. The number of aromatic nitrogens is 3. The van der Waals surface area contributed by atoms with Crippen LogP contribution in [0.25, 0.3) is 16.8 Å². The van der Waals surface area contributed by atoms with E-state index in [0.29, 0.717) is 10.9 Å². The normalized spacial score (nSPS) is 11.2. The first-order chi connectivity index (χ1) is 14.5. The van der Waals surface area contributed by atoms with E-state index in [2.05, 4.69) is 29.2 Å². The molecule has 5 nitrogen and oxygen atoms in total. The molecule has 0 aliphatic rings. The molecule has 2 aromatic heterocycles. The predicted octanol–water partition coefficient (Wildman–Crippen LogP) is 5.90. The Morgan fingerprint density at radius 3 is 2.57 bits per heavy atom. The molecular weight excluding hydrogens is 416 g/mol. The van der Waals surface area contributed by atoms with Crippen LogP contribution in [0.15, 0.2) is 72.0 Å². The fraction of sp³-hybridized carbons (Fsp3) is 0.174. The van der Waals surface area contributed by atoms with E-state index in [0.717, 1.165) is 27.5 Å². The van der Waals surface area contributed by atoms with Crippen LogP contribution in [0.4, 0.5) is 5.69 Å². The molecule has 0 aliphatic heterocycles. The van der Waals surface area contributed by atoms with Crippen molar-refractivity contribution in [2.45, 2.75) is 24.8 Å². The Balaban J connectivity index is 1.45. The van der Waals surface area contributed by atoms with E-state index in [1.54, 1.807) is 16.9 Å². The van der Waals surface area contributed by atoms with Gasteiger partial charge in [0.2, 0.25) is 5.91 Å². The van der Waals surface area contributed by atoms with E-state index in [-0.39, 0.29) is 11.7 Å².